The van der Waals surface area contributed by atoms with Gasteiger partial charge in [-0.2, -0.15) is 0 Å². The van der Waals surface area contributed by atoms with Gasteiger partial charge in [0.05, 0.1) is 10.9 Å². The van der Waals surface area contributed by atoms with Gasteiger partial charge in [0.15, 0.2) is 0 Å². The summed E-state index contributed by atoms with van der Waals surface area (Å²) >= 11 is 0. The lowest BCUT2D eigenvalue weighted by Gasteiger charge is -2.20. The second-order valence-electron chi connectivity index (χ2n) is 8.50. The minimum absolute atomic E-state index is 0.0752. The Labute approximate surface area is 187 Å². The van der Waals surface area contributed by atoms with Crippen molar-refractivity contribution in [1.82, 2.24) is 9.55 Å². The minimum Gasteiger partial charge on any atom is -0.326 e. The molecule has 3 aromatic rings. The van der Waals surface area contributed by atoms with E-state index in [2.05, 4.69) is 10.3 Å². The molecule has 2 heterocycles. The lowest BCUT2D eigenvalue weighted by Crippen LogP contribution is -2.31. The maximum Gasteiger partial charge on any atom is 0.261 e. The molecule has 7 heteroatoms. The SMILES string of the molecule is Cc1ccc(C)c(N(C)C(=O)CC(=O)Nc2ccc3nc4n(c(=O)c3c2)CCCCC4)c1. The summed E-state index contributed by atoms with van der Waals surface area (Å²) in [4.78, 5) is 44.4. The maximum absolute atomic E-state index is 13.0. The summed E-state index contributed by atoms with van der Waals surface area (Å²) < 4.78 is 1.75. The molecule has 166 valence electrons. The van der Waals surface area contributed by atoms with Crippen LogP contribution in [0, 0.1) is 13.8 Å². The molecule has 1 aliphatic heterocycles. The van der Waals surface area contributed by atoms with E-state index < -0.39 is 5.91 Å². The van der Waals surface area contributed by atoms with E-state index in [9.17, 15) is 14.4 Å². The van der Waals surface area contributed by atoms with Crippen LogP contribution in [0.1, 0.15) is 42.6 Å². The van der Waals surface area contributed by atoms with Crippen molar-refractivity contribution in [2.45, 2.75) is 52.5 Å². The average molecular weight is 433 g/mol. The Bertz CT molecular complexity index is 1260. The second-order valence-corrected chi connectivity index (χ2v) is 8.50. The molecule has 0 radical (unpaired) electrons. The van der Waals surface area contributed by atoms with Crippen LogP contribution in [-0.2, 0) is 22.6 Å². The van der Waals surface area contributed by atoms with Crippen molar-refractivity contribution in [3.05, 3.63) is 63.7 Å². The van der Waals surface area contributed by atoms with E-state index in [1.165, 1.54) is 4.90 Å². The molecule has 0 saturated carbocycles. The van der Waals surface area contributed by atoms with Gasteiger partial charge in [0.25, 0.3) is 5.56 Å². The van der Waals surface area contributed by atoms with Gasteiger partial charge in [0.1, 0.15) is 12.2 Å². The van der Waals surface area contributed by atoms with Gasteiger partial charge in [-0.15, -0.1) is 0 Å². The lowest BCUT2D eigenvalue weighted by atomic mass is 10.1. The van der Waals surface area contributed by atoms with Crippen LogP contribution in [0.4, 0.5) is 11.4 Å². The number of aryl methyl sites for hydroxylation is 3. The maximum atomic E-state index is 13.0. The molecule has 0 bridgehead atoms. The van der Waals surface area contributed by atoms with Crippen molar-refractivity contribution in [2.24, 2.45) is 0 Å². The van der Waals surface area contributed by atoms with Crippen LogP contribution in [-0.4, -0.2) is 28.4 Å². The number of benzene rings is 2. The number of nitrogens with zero attached hydrogens (tertiary/aromatic N) is 3. The van der Waals surface area contributed by atoms with Crippen LogP contribution in [0.2, 0.25) is 0 Å². The highest BCUT2D eigenvalue weighted by molar-refractivity contribution is 6.09. The first-order valence-corrected chi connectivity index (χ1v) is 11.0. The lowest BCUT2D eigenvalue weighted by molar-refractivity contribution is -0.125. The van der Waals surface area contributed by atoms with Crippen molar-refractivity contribution in [3.8, 4) is 0 Å². The highest BCUT2D eigenvalue weighted by Crippen LogP contribution is 2.22. The topological polar surface area (TPSA) is 84.3 Å². The predicted molar refractivity (Wildman–Crippen MR) is 126 cm³/mol. The fourth-order valence-corrected chi connectivity index (χ4v) is 4.17. The Kier molecular flexibility index (Phi) is 6.08. The molecular weight excluding hydrogens is 404 g/mol. The third-order valence-corrected chi connectivity index (χ3v) is 6.01. The first-order chi connectivity index (χ1) is 15.3. The van der Waals surface area contributed by atoms with Gasteiger partial charge < -0.3 is 10.2 Å². The number of hydrogen-bond acceptors (Lipinski definition) is 4. The molecule has 0 spiro atoms. The number of nitrogens with one attached hydrogen (secondary N) is 1. The van der Waals surface area contributed by atoms with Gasteiger partial charge in [0, 0.05) is 31.4 Å². The Morgan fingerprint density at radius 1 is 1.09 bits per heavy atom. The first kappa shape index (κ1) is 21.7. The summed E-state index contributed by atoms with van der Waals surface area (Å²) in [6.07, 6.45) is 3.61. The minimum atomic E-state index is -0.422. The number of amides is 2. The van der Waals surface area contributed by atoms with Crippen LogP contribution in [0.5, 0.6) is 0 Å². The van der Waals surface area contributed by atoms with Crippen molar-refractivity contribution in [3.63, 3.8) is 0 Å². The molecular formula is C25H28N4O3. The number of carbonyl (C=O) groups is 2. The van der Waals surface area contributed by atoms with E-state index in [4.69, 9.17) is 0 Å². The van der Waals surface area contributed by atoms with E-state index >= 15 is 0 Å². The fraction of sp³-hybridized carbons (Fsp3) is 0.360. The van der Waals surface area contributed by atoms with Crippen LogP contribution >= 0.6 is 0 Å². The Morgan fingerprint density at radius 3 is 2.72 bits per heavy atom. The third-order valence-electron chi connectivity index (χ3n) is 6.01. The van der Waals surface area contributed by atoms with Crippen molar-refractivity contribution < 1.29 is 9.59 Å². The quantitative estimate of drug-likeness (QED) is 0.637. The van der Waals surface area contributed by atoms with Gasteiger partial charge in [0.2, 0.25) is 11.8 Å². The van der Waals surface area contributed by atoms with Crippen LogP contribution < -0.4 is 15.8 Å². The van der Waals surface area contributed by atoms with E-state index in [1.807, 2.05) is 32.0 Å². The van der Waals surface area contributed by atoms with Gasteiger partial charge in [-0.1, -0.05) is 18.6 Å². The summed E-state index contributed by atoms with van der Waals surface area (Å²) in [6.45, 7) is 4.57. The van der Waals surface area contributed by atoms with Gasteiger partial charge in [-0.3, -0.25) is 19.0 Å². The molecule has 1 aromatic heterocycles. The highest BCUT2D eigenvalue weighted by Gasteiger charge is 2.18. The molecule has 4 rings (SSSR count). The van der Waals surface area contributed by atoms with Crippen molar-refractivity contribution in [1.29, 1.82) is 0 Å². The van der Waals surface area contributed by atoms with Gasteiger partial charge in [-0.05, 0) is 62.1 Å². The summed E-state index contributed by atoms with van der Waals surface area (Å²) in [5, 5.41) is 3.23. The molecule has 0 saturated heterocycles. The molecule has 0 aliphatic carbocycles. The van der Waals surface area contributed by atoms with Crippen molar-refractivity contribution >= 4 is 34.1 Å². The standard InChI is InChI=1S/C25H28N4O3/c1-16-8-9-17(2)21(13-16)28(3)24(31)15-23(30)26-18-10-11-20-19(14-18)25(32)29-12-6-4-5-7-22(29)27-20/h8-11,13-14H,4-7,12,15H2,1-3H3,(H,26,30). The summed E-state index contributed by atoms with van der Waals surface area (Å²) in [5.74, 6) is 0.107. The first-order valence-electron chi connectivity index (χ1n) is 11.0. The number of fused-ring (bicyclic) bond motifs is 2. The number of rotatable bonds is 4. The number of carbonyl (C=O) groups excluding carboxylic acids is 2. The molecule has 0 atom stereocenters. The van der Waals surface area contributed by atoms with Crippen LogP contribution in [0.15, 0.2) is 41.2 Å². The molecule has 32 heavy (non-hydrogen) atoms. The normalized spacial score (nSPS) is 13.3. The van der Waals surface area contributed by atoms with Gasteiger partial charge >= 0.3 is 0 Å². The zero-order valence-electron chi connectivity index (χ0n) is 18.8. The smallest absolute Gasteiger partial charge is 0.261 e. The van der Waals surface area contributed by atoms with E-state index in [0.717, 1.165) is 48.3 Å². The Balaban J connectivity index is 1.51. The largest absolute Gasteiger partial charge is 0.326 e. The molecule has 0 unspecified atom stereocenters. The summed E-state index contributed by atoms with van der Waals surface area (Å²) in [5.41, 5.74) is 3.84. The van der Waals surface area contributed by atoms with E-state index in [1.54, 1.807) is 29.8 Å². The van der Waals surface area contributed by atoms with E-state index in [0.29, 0.717) is 23.1 Å². The number of hydrogen-bond donors (Lipinski definition) is 1. The molecule has 2 amide bonds. The monoisotopic (exact) mass is 432 g/mol. The molecule has 0 fully saturated rings. The zero-order chi connectivity index (χ0) is 22.8. The Morgan fingerprint density at radius 2 is 1.91 bits per heavy atom. The van der Waals surface area contributed by atoms with Crippen LogP contribution in [0.3, 0.4) is 0 Å². The zero-order valence-corrected chi connectivity index (χ0v) is 18.8. The second kappa shape index (κ2) is 8.94. The molecule has 2 aromatic carbocycles. The summed E-state index contributed by atoms with van der Waals surface area (Å²) in [6, 6.07) is 11.0. The third kappa shape index (κ3) is 4.42. The molecule has 1 N–H and O–H groups in total. The average Bonchev–Trinajstić information content (AvgIpc) is 3.01. The molecule has 7 nitrogen and oxygen atoms in total. The van der Waals surface area contributed by atoms with E-state index in [-0.39, 0.29) is 17.9 Å². The van der Waals surface area contributed by atoms with Gasteiger partial charge in [-0.25, -0.2) is 4.98 Å². The Hall–Kier alpha value is -3.48. The van der Waals surface area contributed by atoms with Crippen LogP contribution in [0.25, 0.3) is 10.9 Å². The number of aromatic nitrogens is 2. The summed E-state index contributed by atoms with van der Waals surface area (Å²) in [7, 11) is 1.67. The van der Waals surface area contributed by atoms with Crippen molar-refractivity contribution in [2.75, 3.05) is 17.3 Å². The fourth-order valence-electron chi connectivity index (χ4n) is 4.17. The predicted octanol–water partition coefficient (Wildman–Crippen LogP) is 3.73. The highest BCUT2D eigenvalue weighted by atomic mass is 16.2. The molecule has 1 aliphatic rings. The number of anilines is 2.